The molecule has 1 atom stereocenters. The zero-order valence-corrected chi connectivity index (χ0v) is 13.1. The molecule has 0 radical (unpaired) electrons. The van der Waals surface area contributed by atoms with Crippen molar-refractivity contribution < 1.29 is 9.15 Å². The quantitative estimate of drug-likeness (QED) is 0.661. The number of tetrazole rings is 1. The Bertz CT molecular complexity index is 754. The van der Waals surface area contributed by atoms with Crippen LogP contribution in [0.1, 0.15) is 18.1 Å². The van der Waals surface area contributed by atoms with E-state index in [4.69, 9.17) is 9.15 Å². The number of hydrogen-bond acceptors (Lipinski definition) is 8. The van der Waals surface area contributed by atoms with E-state index in [1.807, 2.05) is 31.2 Å². The molecule has 0 saturated heterocycles. The Morgan fingerprint density at radius 1 is 1.18 bits per heavy atom. The maximum Gasteiger partial charge on any atom is 0.247 e. The van der Waals surface area contributed by atoms with Gasteiger partial charge in [0.05, 0.1) is 12.4 Å². The van der Waals surface area contributed by atoms with Crippen LogP contribution in [-0.4, -0.2) is 37.5 Å². The zero-order valence-electron chi connectivity index (χ0n) is 12.3. The van der Waals surface area contributed by atoms with E-state index in [2.05, 4.69) is 25.7 Å². The summed E-state index contributed by atoms with van der Waals surface area (Å²) in [6.07, 6.45) is 0. The molecule has 114 valence electrons. The van der Waals surface area contributed by atoms with Crippen LogP contribution < -0.4 is 4.74 Å². The fourth-order valence-corrected chi connectivity index (χ4v) is 2.56. The van der Waals surface area contributed by atoms with Crippen molar-refractivity contribution in [3.05, 3.63) is 30.2 Å². The van der Waals surface area contributed by atoms with Gasteiger partial charge in [0.25, 0.3) is 0 Å². The standard InChI is InChI=1S/C13H14N6O2S/c1-8(22-13-16-17-18-19(13)2)11-14-15-12(21-11)9-4-6-10(20-3)7-5-9/h4-8H,1-3H3/t8-/m1/s1. The third kappa shape index (κ3) is 2.93. The van der Waals surface area contributed by atoms with Crippen molar-refractivity contribution >= 4 is 11.8 Å². The molecule has 3 rings (SSSR count). The molecule has 2 heterocycles. The number of aryl methyl sites for hydroxylation is 1. The molecular weight excluding hydrogens is 304 g/mol. The first kappa shape index (κ1) is 14.5. The monoisotopic (exact) mass is 318 g/mol. The molecule has 0 saturated carbocycles. The number of hydrogen-bond donors (Lipinski definition) is 0. The SMILES string of the molecule is COc1ccc(-c2nnc([C@@H](C)Sc3nnnn3C)o2)cc1. The van der Waals surface area contributed by atoms with Crippen LogP contribution in [0.25, 0.3) is 11.5 Å². The number of nitrogens with zero attached hydrogens (tertiary/aromatic N) is 6. The minimum Gasteiger partial charge on any atom is -0.497 e. The van der Waals surface area contributed by atoms with Crippen LogP contribution in [0.15, 0.2) is 33.8 Å². The highest BCUT2D eigenvalue weighted by atomic mass is 32.2. The second kappa shape index (κ2) is 6.14. The Kier molecular flexibility index (Phi) is 4.05. The lowest BCUT2D eigenvalue weighted by atomic mass is 10.2. The summed E-state index contributed by atoms with van der Waals surface area (Å²) in [5.74, 6) is 1.78. The molecule has 8 nitrogen and oxygen atoms in total. The van der Waals surface area contributed by atoms with E-state index in [1.165, 1.54) is 11.8 Å². The molecule has 0 amide bonds. The first-order valence-corrected chi connectivity index (χ1v) is 7.42. The Hall–Kier alpha value is -2.42. The predicted octanol–water partition coefficient (Wildman–Crippen LogP) is 2.12. The molecule has 0 aliphatic rings. The van der Waals surface area contributed by atoms with Crippen molar-refractivity contribution in [3.8, 4) is 17.2 Å². The van der Waals surface area contributed by atoms with E-state index in [0.717, 1.165) is 11.3 Å². The van der Waals surface area contributed by atoms with Gasteiger partial charge in [-0.15, -0.1) is 15.3 Å². The summed E-state index contributed by atoms with van der Waals surface area (Å²) in [4.78, 5) is 0. The van der Waals surface area contributed by atoms with E-state index in [0.29, 0.717) is 16.9 Å². The lowest BCUT2D eigenvalue weighted by Gasteiger charge is -2.04. The van der Waals surface area contributed by atoms with Crippen molar-refractivity contribution in [2.75, 3.05) is 7.11 Å². The van der Waals surface area contributed by atoms with Crippen molar-refractivity contribution in [1.29, 1.82) is 0 Å². The van der Waals surface area contributed by atoms with Gasteiger partial charge in [0.15, 0.2) is 0 Å². The molecule has 0 N–H and O–H groups in total. The molecule has 1 aromatic carbocycles. The molecule has 0 aliphatic carbocycles. The van der Waals surface area contributed by atoms with Crippen molar-refractivity contribution in [2.24, 2.45) is 7.05 Å². The fourth-order valence-electron chi connectivity index (χ4n) is 1.78. The Morgan fingerprint density at radius 2 is 1.95 bits per heavy atom. The van der Waals surface area contributed by atoms with Gasteiger partial charge < -0.3 is 9.15 Å². The van der Waals surface area contributed by atoms with Gasteiger partial charge in [-0.1, -0.05) is 11.8 Å². The van der Waals surface area contributed by atoms with Gasteiger partial charge in [-0.3, -0.25) is 0 Å². The topological polar surface area (TPSA) is 91.8 Å². The molecule has 0 aliphatic heterocycles. The van der Waals surface area contributed by atoms with E-state index < -0.39 is 0 Å². The van der Waals surface area contributed by atoms with Gasteiger partial charge in [-0.2, -0.15) is 0 Å². The molecule has 0 bridgehead atoms. The second-order valence-corrected chi connectivity index (χ2v) is 5.83. The van der Waals surface area contributed by atoms with Crippen molar-refractivity contribution in [3.63, 3.8) is 0 Å². The molecular formula is C13H14N6O2S. The molecule has 9 heteroatoms. The third-order valence-electron chi connectivity index (χ3n) is 2.99. The zero-order chi connectivity index (χ0) is 15.5. The highest BCUT2D eigenvalue weighted by Gasteiger charge is 2.18. The number of benzene rings is 1. The van der Waals surface area contributed by atoms with Crippen LogP contribution in [0.2, 0.25) is 0 Å². The average Bonchev–Trinajstić information content (AvgIpc) is 3.17. The summed E-state index contributed by atoms with van der Waals surface area (Å²) >= 11 is 1.46. The van der Waals surface area contributed by atoms with E-state index >= 15 is 0 Å². The van der Waals surface area contributed by atoms with Gasteiger partial charge in [0.2, 0.25) is 16.9 Å². The fraction of sp³-hybridized carbons (Fsp3) is 0.308. The first-order valence-electron chi connectivity index (χ1n) is 6.54. The number of thioether (sulfide) groups is 1. The van der Waals surface area contributed by atoms with Gasteiger partial charge in [0.1, 0.15) is 5.75 Å². The van der Waals surface area contributed by atoms with Gasteiger partial charge >= 0.3 is 0 Å². The van der Waals surface area contributed by atoms with Crippen LogP contribution >= 0.6 is 11.8 Å². The number of methoxy groups -OCH3 is 1. The van der Waals surface area contributed by atoms with E-state index in [1.54, 1.807) is 18.8 Å². The molecule has 3 aromatic rings. The maximum absolute atomic E-state index is 5.73. The average molecular weight is 318 g/mol. The smallest absolute Gasteiger partial charge is 0.247 e. The van der Waals surface area contributed by atoms with Crippen molar-refractivity contribution in [2.45, 2.75) is 17.3 Å². The normalized spacial score (nSPS) is 12.3. The number of ether oxygens (including phenoxy) is 1. The van der Waals surface area contributed by atoms with Crippen LogP contribution in [-0.2, 0) is 7.05 Å². The van der Waals surface area contributed by atoms with Gasteiger partial charge in [0, 0.05) is 12.6 Å². The minimum absolute atomic E-state index is 0.0517. The Morgan fingerprint density at radius 3 is 2.59 bits per heavy atom. The van der Waals surface area contributed by atoms with Crippen LogP contribution in [0.3, 0.4) is 0 Å². The first-order chi connectivity index (χ1) is 10.7. The lowest BCUT2D eigenvalue weighted by Crippen LogP contribution is -1.96. The second-order valence-electron chi connectivity index (χ2n) is 4.52. The summed E-state index contributed by atoms with van der Waals surface area (Å²) < 4.78 is 12.5. The highest BCUT2D eigenvalue weighted by Crippen LogP contribution is 2.33. The Labute approximate surface area is 130 Å². The summed E-state index contributed by atoms with van der Waals surface area (Å²) in [7, 11) is 3.41. The van der Waals surface area contributed by atoms with Gasteiger partial charge in [-0.05, 0) is 41.6 Å². The summed E-state index contributed by atoms with van der Waals surface area (Å²) in [6, 6.07) is 7.45. The van der Waals surface area contributed by atoms with Crippen LogP contribution in [0, 0.1) is 0 Å². The Balaban J connectivity index is 1.76. The summed E-state index contributed by atoms with van der Waals surface area (Å²) in [6.45, 7) is 1.96. The number of aromatic nitrogens is 6. The number of rotatable bonds is 5. The highest BCUT2D eigenvalue weighted by molar-refractivity contribution is 7.99. The molecule has 0 spiro atoms. The lowest BCUT2D eigenvalue weighted by molar-refractivity contribution is 0.415. The van der Waals surface area contributed by atoms with Gasteiger partial charge in [-0.25, -0.2) is 4.68 Å². The molecule has 0 unspecified atom stereocenters. The van der Waals surface area contributed by atoms with Crippen LogP contribution in [0.4, 0.5) is 0 Å². The summed E-state index contributed by atoms with van der Waals surface area (Å²) in [5, 5.41) is 20.1. The van der Waals surface area contributed by atoms with Crippen LogP contribution in [0.5, 0.6) is 5.75 Å². The minimum atomic E-state index is -0.0517. The predicted molar refractivity (Wildman–Crippen MR) is 79.4 cm³/mol. The van der Waals surface area contributed by atoms with Crippen molar-refractivity contribution in [1.82, 2.24) is 30.4 Å². The molecule has 0 fully saturated rings. The third-order valence-corrected chi connectivity index (χ3v) is 4.10. The molecule has 22 heavy (non-hydrogen) atoms. The largest absolute Gasteiger partial charge is 0.497 e. The summed E-state index contributed by atoms with van der Waals surface area (Å²) in [5.41, 5.74) is 0.845. The van der Waals surface area contributed by atoms with E-state index in [9.17, 15) is 0 Å². The van der Waals surface area contributed by atoms with E-state index in [-0.39, 0.29) is 5.25 Å². The maximum atomic E-state index is 5.73. The molecule has 2 aromatic heterocycles.